The van der Waals surface area contributed by atoms with Crippen LogP contribution in [0.3, 0.4) is 0 Å². The molecule has 0 aliphatic rings. The van der Waals surface area contributed by atoms with Crippen molar-refractivity contribution < 1.29 is 32.6 Å². The molecule has 22 heavy (non-hydrogen) atoms. The summed E-state index contributed by atoms with van der Waals surface area (Å²) in [6, 6.07) is 3.09. The van der Waals surface area contributed by atoms with Crippen LogP contribution in [0.5, 0.6) is 5.75 Å². The molecule has 1 N–H and O–H groups in total. The number of carboxylic acid groups (broad SMARTS) is 1. The molecule has 0 saturated carbocycles. The van der Waals surface area contributed by atoms with Crippen LogP contribution in [0.2, 0.25) is 0 Å². The van der Waals surface area contributed by atoms with Crippen LogP contribution < -0.4 is 4.74 Å². The number of carboxylic acids is 1. The van der Waals surface area contributed by atoms with Gasteiger partial charge in [0.2, 0.25) is 0 Å². The fourth-order valence-corrected chi connectivity index (χ4v) is 1.43. The zero-order chi connectivity index (χ0) is 16.8. The van der Waals surface area contributed by atoms with Crippen LogP contribution in [0.15, 0.2) is 29.4 Å². The summed E-state index contributed by atoms with van der Waals surface area (Å²) in [5.41, 5.74) is -0.807. The number of benzene rings is 1. The molecule has 0 radical (unpaired) electrons. The topological polar surface area (TPSA) is 68.1 Å². The standard InChI is InChI=1S/C14H14F3NO4/c1-9(13(19)20)18-22-7-3-4-10-8-11(14(15,16)17)5-6-12(10)21-2/h3-6,8H,7H2,1-2H3,(H,19,20)/b4-3+,18-9-. The van der Waals surface area contributed by atoms with Crippen LogP contribution in [-0.2, 0) is 15.8 Å². The zero-order valence-corrected chi connectivity index (χ0v) is 11.8. The Balaban J connectivity index is 2.81. The Hall–Kier alpha value is -2.51. The van der Waals surface area contributed by atoms with Gasteiger partial charge in [0.05, 0.1) is 12.7 Å². The van der Waals surface area contributed by atoms with Crippen molar-refractivity contribution in [2.24, 2.45) is 5.16 Å². The van der Waals surface area contributed by atoms with Crippen molar-refractivity contribution in [3.63, 3.8) is 0 Å². The molecule has 0 aromatic heterocycles. The Morgan fingerprint density at radius 3 is 2.64 bits per heavy atom. The highest BCUT2D eigenvalue weighted by Gasteiger charge is 2.30. The molecule has 1 aromatic carbocycles. The Morgan fingerprint density at radius 2 is 2.09 bits per heavy atom. The highest BCUT2D eigenvalue weighted by atomic mass is 19.4. The van der Waals surface area contributed by atoms with Gasteiger partial charge in [-0.05, 0) is 31.2 Å². The smallest absolute Gasteiger partial charge is 0.416 e. The molecule has 0 unspecified atom stereocenters. The van der Waals surface area contributed by atoms with Gasteiger partial charge in [-0.2, -0.15) is 13.2 Å². The number of ether oxygens (including phenoxy) is 1. The second-order valence-corrected chi connectivity index (χ2v) is 4.13. The van der Waals surface area contributed by atoms with Crippen LogP contribution in [0, 0.1) is 0 Å². The summed E-state index contributed by atoms with van der Waals surface area (Å²) in [7, 11) is 1.34. The maximum atomic E-state index is 12.6. The number of methoxy groups -OCH3 is 1. The highest BCUT2D eigenvalue weighted by molar-refractivity contribution is 6.34. The van der Waals surface area contributed by atoms with Crippen LogP contribution in [0.1, 0.15) is 18.1 Å². The molecule has 0 aliphatic carbocycles. The normalized spacial score (nSPS) is 12.5. The lowest BCUT2D eigenvalue weighted by Gasteiger charge is -2.10. The molecule has 8 heteroatoms. The van der Waals surface area contributed by atoms with Gasteiger partial charge in [-0.1, -0.05) is 11.2 Å². The maximum Gasteiger partial charge on any atom is 0.416 e. The molecule has 0 spiro atoms. The SMILES string of the molecule is COc1ccc(C(F)(F)F)cc1/C=C/CO/N=C(/C)C(=O)O. The average molecular weight is 317 g/mol. The van der Waals surface area contributed by atoms with Crippen molar-refractivity contribution in [1.82, 2.24) is 0 Å². The number of aliphatic carboxylic acids is 1. The van der Waals surface area contributed by atoms with E-state index in [2.05, 4.69) is 5.16 Å². The van der Waals surface area contributed by atoms with Crippen molar-refractivity contribution in [2.45, 2.75) is 13.1 Å². The third-order valence-corrected chi connectivity index (χ3v) is 2.54. The maximum absolute atomic E-state index is 12.6. The quantitative estimate of drug-likeness (QED) is 0.497. The molecule has 5 nitrogen and oxygen atoms in total. The molecule has 1 rings (SSSR count). The number of hydrogen-bond donors (Lipinski definition) is 1. The Kier molecular flexibility index (Phi) is 5.97. The number of carbonyl (C=O) groups is 1. The van der Waals surface area contributed by atoms with Crippen LogP contribution >= 0.6 is 0 Å². The van der Waals surface area contributed by atoms with Crippen LogP contribution in [0.25, 0.3) is 6.08 Å². The van der Waals surface area contributed by atoms with Gasteiger partial charge in [0.1, 0.15) is 12.4 Å². The Labute approximate surface area is 124 Å². The van der Waals surface area contributed by atoms with Gasteiger partial charge in [0, 0.05) is 5.56 Å². The number of hydrogen-bond acceptors (Lipinski definition) is 4. The van der Waals surface area contributed by atoms with Gasteiger partial charge in [0.25, 0.3) is 0 Å². The zero-order valence-electron chi connectivity index (χ0n) is 11.8. The molecule has 0 atom stereocenters. The number of nitrogens with zero attached hydrogens (tertiary/aromatic N) is 1. The summed E-state index contributed by atoms with van der Waals surface area (Å²) < 4.78 is 42.9. The molecule has 0 saturated heterocycles. The molecule has 120 valence electrons. The number of alkyl halides is 3. The third kappa shape index (κ3) is 5.12. The van der Waals surface area contributed by atoms with Gasteiger partial charge in [-0.25, -0.2) is 4.79 Å². The van der Waals surface area contributed by atoms with E-state index in [1.807, 2.05) is 0 Å². The first kappa shape index (κ1) is 17.5. The van der Waals surface area contributed by atoms with E-state index in [9.17, 15) is 18.0 Å². The van der Waals surface area contributed by atoms with E-state index >= 15 is 0 Å². The second kappa shape index (κ2) is 7.48. The van der Waals surface area contributed by atoms with E-state index in [4.69, 9.17) is 14.7 Å². The lowest BCUT2D eigenvalue weighted by molar-refractivity contribution is -0.137. The van der Waals surface area contributed by atoms with E-state index < -0.39 is 17.7 Å². The molecule has 0 amide bonds. The predicted octanol–water partition coefficient (Wildman–Crippen LogP) is 3.20. The first-order valence-corrected chi connectivity index (χ1v) is 6.07. The van der Waals surface area contributed by atoms with E-state index in [0.29, 0.717) is 0 Å². The van der Waals surface area contributed by atoms with Gasteiger partial charge in [-0.15, -0.1) is 0 Å². The third-order valence-electron chi connectivity index (χ3n) is 2.54. The summed E-state index contributed by atoms with van der Waals surface area (Å²) in [6.45, 7) is 1.16. The first-order chi connectivity index (χ1) is 10.3. The van der Waals surface area contributed by atoms with E-state index in [0.717, 1.165) is 12.1 Å². The summed E-state index contributed by atoms with van der Waals surface area (Å²) >= 11 is 0. The van der Waals surface area contributed by atoms with Crippen molar-refractivity contribution in [3.8, 4) is 5.75 Å². The van der Waals surface area contributed by atoms with Gasteiger partial charge in [0.15, 0.2) is 5.71 Å². The highest BCUT2D eigenvalue weighted by Crippen LogP contribution is 2.32. The van der Waals surface area contributed by atoms with E-state index in [1.54, 1.807) is 0 Å². The van der Waals surface area contributed by atoms with E-state index in [-0.39, 0.29) is 23.6 Å². The lowest BCUT2D eigenvalue weighted by atomic mass is 10.1. The minimum absolute atomic E-state index is 0.0932. The fraction of sp³-hybridized carbons (Fsp3) is 0.286. The summed E-state index contributed by atoms with van der Waals surface area (Å²) in [4.78, 5) is 15.2. The van der Waals surface area contributed by atoms with Gasteiger partial charge in [-0.3, -0.25) is 0 Å². The molecular formula is C14H14F3NO4. The van der Waals surface area contributed by atoms with Crippen molar-refractivity contribution in [1.29, 1.82) is 0 Å². The minimum Gasteiger partial charge on any atom is -0.496 e. The first-order valence-electron chi connectivity index (χ1n) is 6.07. The molecule has 0 bridgehead atoms. The summed E-state index contributed by atoms with van der Waals surface area (Å²) in [5, 5.41) is 11.8. The van der Waals surface area contributed by atoms with Crippen LogP contribution in [0.4, 0.5) is 13.2 Å². The molecule has 0 aliphatic heterocycles. The van der Waals surface area contributed by atoms with E-state index in [1.165, 1.54) is 32.3 Å². The summed E-state index contributed by atoms with van der Waals surface area (Å²) in [5.74, 6) is -0.946. The van der Waals surface area contributed by atoms with Crippen molar-refractivity contribution in [3.05, 3.63) is 35.4 Å². The molecule has 0 heterocycles. The number of rotatable bonds is 6. The fourth-order valence-electron chi connectivity index (χ4n) is 1.43. The Bertz CT molecular complexity index is 594. The number of oxime groups is 1. The Morgan fingerprint density at radius 1 is 1.41 bits per heavy atom. The number of halogens is 3. The van der Waals surface area contributed by atoms with Crippen molar-refractivity contribution in [2.75, 3.05) is 13.7 Å². The lowest BCUT2D eigenvalue weighted by Crippen LogP contribution is -2.08. The predicted molar refractivity (Wildman–Crippen MR) is 73.7 cm³/mol. The van der Waals surface area contributed by atoms with Crippen molar-refractivity contribution >= 4 is 17.8 Å². The molecule has 0 fully saturated rings. The minimum atomic E-state index is -4.45. The van der Waals surface area contributed by atoms with Crippen LogP contribution in [-0.4, -0.2) is 30.5 Å². The molecular weight excluding hydrogens is 303 g/mol. The van der Waals surface area contributed by atoms with Gasteiger partial charge >= 0.3 is 12.1 Å². The second-order valence-electron chi connectivity index (χ2n) is 4.13. The monoisotopic (exact) mass is 317 g/mol. The van der Waals surface area contributed by atoms with Gasteiger partial charge < -0.3 is 14.7 Å². The summed E-state index contributed by atoms with van der Waals surface area (Å²) in [6.07, 6.45) is -1.68. The molecule has 1 aromatic rings. The largest absolute Gasteiger partial charge is 0.496 e. The average Bonchev–Trinajstić information content (AvgIpc) is 2.45.